The molecule has 27 heavy (non-hydrogen) atoms. The molecule has 2 fully saturated rings. The summed E-state index contributed by atoms with van der Waals surface area (Å²) in [5.74, 6) is 0.138. The highest BCUT2D eigenvalue weighted by Crippen LogP contribution is 2.37. The Morgan fingerprint density at radius 1 is 1.15 bits per heavy atom. The molecule has 0 bridgehead atoms. The Kier molecular flexibility index (Phi) is 6.52. The fourth-order valence-electron chi connectivity index (χ4n) is 4.54. The second kappa shape index (κ2) is 8.69. The van der Waals surface area contributed by atoms with Gasteiger partial charge in [0.1, 0.15) is 0 Å². The van der Waals surface area contributed by atoms with Crippen LogP contribution in [0.15, 0.2) is 30.3 Å². The number of amides is 1. The van der Waals surface area contributed by atoms with Crippen molar-refractivity contribution in [3.63, 3.8) is 0 Å². The molecule has 0 unspecified atom stereocenters. The van der Waals surface area contributed by atoms with Gasteiger partial charge in [0.2, 0.25) is 5.91 Å². The molecule has 6 heteroatoms. The molecule has 150 valence electrons. The zero-order chi connectivity index (χ0) is 19.4. The van der Waals surface area contributed by atoms with Gasteiger partial charge in [0.05, 0.1) is 18.2 Å². The molecule has 6 nitrogen and oxygen atoms in total. The van der Waals surface area contributed by atoms with Gasteiger partial charge < -0.3 is 14.9 Å². The highest BCUT2D eigenvalue weighted by molar-refractivity contribution is 5.78. The van der Waals surface area contributed by atoms with Crippen LogP contribution in [0.25, 0.3) is 0 Å². The quantitative estimate of drug-likeness (QED) is 0.840. The molecule has 0 aromatic heterocycles. The number of rotatable bonds is 4. The number of carbonyl (C=O) groups is 1. The van der Waals surface area contributed by atoms with Gasteiger partial charge in [-0.3, -0.25) is 14.6 Å². The van der Waals surface area contributed by atoms with E-state index in [4.69, 9.17) is 0 Å². The fourth-order valence-corrected chi connectivity index (χ4v) is 4.54. The van der Waals surface area contributed by atoms with E-state index in [0.717, 1.165) is 44.6 Å². The highest BCUT2D eigenvalue weighted by atomic mass is 16.3. The summed E-state index contributed by atoms with van der Waals surface area (Å²) in [6.45, 7) is 5.53. The van der Waals surface area contributed by atoms with Gasteiger partial charge in [-0.25, -0.2) is 0 Å². The number of benzene rings is 1. The highest BCUT2D eigenvalue weighted by Gasteiger charge is 2.46. The van der Waals surface area contributed by atoms with Crippen LogP contribution in [-0.4, -0.2) is 104 Å². The SMILES string of the molecule is CN1CCCN(CC(=O)N2CC[C@@](c3ccccc3)(N(C)C)[C@H](O)C2)CC1. The number of aliphatic hydroxyl groups excluding tert-OH is 1. The average Bonchev–Trinajstić information content (AvgIpc) is 2.86. The van der Waals surface area contributed by atoms with Crippen molar-refractivity contribution in [2.45, 2.75) is 24.5 Å². The number of hydrogen-bond acceptors (Lipinski definition) is 5. The van der Waals surface area contributed by atoms with Crippen molar-refractivity contribution in [3.05, 3.63) is 35.9 Å². The van der Waals surface area contributed by atoms with Gasteiger partial charge in [0.25, 0.3) is 0 Å². The van der Waals surface area contributed by atoms with Crippen molar-refractivity contribution in [1.82, 2.24) is 19.6 Å². The molecule has 1 aromatic rings. The van der Waals surface area contributed by atoms with E-state index in [2.05, 4.69) is 33.9 Å². The average molecular weight is 375 g/mol. The molecule has 0 saturated carbocycles. The molecular weight excluding hydrogens is 340 g/mol. The molecule has 2 aliphatic heterocycles. The Balaban J connectivity index is 1.66. The predicted molar refractivity (Wildman–Crippen MR) is 108 cm³/mol. The molecule has 2 heterocycles. The standard InChI is InChI=1S/C21H34N4O2/c1-22(2)21(18-8-5-4-6-9-18)10-13-25(16-19(21)26)20(27)17-24-12-7-11-23(3)14-15-24/h4-6,8-9,19,26H,7,10-17H2,1-3H3/t19-,21+/m1/s1. The maximum absolute atomic E-state index is 12.9. The van der Waals surface area contributed by atoms with Crippen molar-refractivity contribution >= 4 is 5.91 Å². The number of hydrogen-bond donors (Lipinski definition) is 1. The summed E-state index contributed by atoms with van der Waals surface area (Å²) in [5, 5.41) is 11.1. The molecule has 1 aromatic carbocycles. The normalized spacial score (nSPS) is 28.3. The van der Waals surface area contributed by atoms with Crippen LogP contribution in [0.4, 0.5) is 0 Å². The van der Waals surface area contributed by atoms with Gasteiger partial charge in [-0.15, -0.1) is 0 Å². The minimum absolute atomic E-state index is 0.138. The van der Waals surface area contributed by atoms with Gasteiger partial charge >= 0.3 is 0 Å². The minimum atomic E-state index is -0.608. The van der Waals surface area contributed by atoms with E-state index < -0.39 is 11.6 Å². The number of carbonyl (C=O) groups excluding carboxylic acids is 1. The van der Waals surface area contributed by atoms with Crippen LogP contribution in [0, 0.1) is 0 Å². The van der Waals surface area contributed by atoms with Gasteiger partial charge in [0, 0.05) is 26.2 Å². The first kappa shape index (κ1) is 20.3. The van der Waals surface area contributed by atoms with Crippen LogP contribution in [0.3, 0.4) is 0 Å². The molecular formula is C21H34N4O2. The zero-order valence-electron chi connectivity index (χ0n) is 17.0. The van der Waals surface area contributed by atoms with Crippen LogP contribution in [0.2, 0.25) is 0 Å². The van der Waals surface area contributed by atoms with Crippen LogP contribution >= 0.6 is 0 Å². The van der Waals surface area contributed by atoms with Crippen LogP contribution in [0.1, 0.15) is 18.4 Å². The number of nitrogens with zero attached hydrogens (tertiary/aromatic N) is 4. The van der Waals surface area contributed by atoms with E-state index in [0.29, 0.717) is 19.6 Å². The number of β-amino-alcohol motifs (C(OH)–C–C–N with tert-alkyl or cyclic N) is 1. The van der Waals surface area contributed by atoms with Gasteiger partial charge in [-0.2, -0.15) is 0 Å². The largest absolute Gasteiger partial charge is 0.389 e. The van der Waals surface area contributed by atoms with E-state index in [1.165, 1.54) is 0 Å². The van der Waals surface area contributed by atoms with Gasteiger partial charge in [-0.1, -0.05) is 30.3 Å². The number of likely N-dealkylation sites (N-methyl/N-ethyl adjacent to an activating group) is 2. The van der Waals surface area contributed by atoms with Crippen molar-refractivity contribution in [2.75, 3.05) is 67.0 Å². The molecule has 0 spiro atoms. The first-order chi connectivity index (χ1) is 12.9. The lowest BCUT2D eigenvalue weighted by atomic mass is 9.77. The number of piperidine rings is 1. The van der Waals surface area contributed by atoms with Gasteiger partial charge in [0.15, 0.2) is 0 Å². The lowest BCUT2D eigenvalue weighted by Crippen LogP contribution is -2.61. The Bertz CT molecular complexity index is 624. The number of aliphatic hydroxyl groups is 1. The summed E-state index contributed by atoms with van der Waals surface area (Å²) >= 11 is 0. The summed E-state index contributed by atoms with van der Waals surface area (Å²) in [6.07, 6.45) is 1.23. The third kappa shape index (κ3) is 4.35. The lowest BCUT2D eigenvalue weighted by molar-refractivity contribution is -0.141. The lowest BCUT2D eigenvalue weighted by Gasteiger charge is -2.50. The molecule has 1 N–H and O–H groups in total. The van der Waals surface area contributed by atoms with Crippen molar-refractivity contribution in [3.8, 4) is 0 Å². The molecule has 2 saturated heterocycles. The van der Waals surface area contributed by atoms with Crippen LogP contribution in [-0.2, 0) is 10.3 Å². The van der Waals surface area contributed by atoms with E-state index in [1.54, 1.807) is 0 Å². The topological polar surface area (TPSA) is 50.3 Å². The Hall–Kier alpha value is -1.47. The summed E-state index contributed by atoms with van der Waals surface area (Å²) in [6, 6.07) is 10.2. The second-order valence-electron chi connectivity index (χ2n) is 8.22. The Morgan fingerprint density at radius 3 is 2.56 bits per heavy atom. The maximum Gasteiger partial charge on any atom is 0.236 e. The Morgan fingerprint density at radius 2 is 1.89 bits per heavy atom. The number of likely N-dealkylation sites (tertiary alicyclic amines) is 1. The molecule has 2 atom stereocenters. The van der Waals surface area contributed by atoms with Crippen molar-refractivity contribution in [1.29, 1.82) is 0 Å². The second-order valence-corrected chi connectivity index (χ2v) is 8.22. The molecule has 0 aliphatic carbocycles. The summed E-state index contributed by atoms with van der Waals surface area (Å²) in [4.78, 5) is 21.4. The molecule has 3 rings (SSSR count). The van der Waals surface area contributed by atoms with Crippen LogP contribution in [0.5, 0.6) is 0 Å². The van der Waals surface area contributed by atoms with Gasteiger partial charge in [-0.05, 0) is 52.6 Å². The first-order valence-electron chi connectivity index (χ1n) is 10.0. The van der Waals surface area contributed by atoms with E-state index in [-0.39, 0.29) is 5.91 Å². The van der Waals surface area contributed by atoms with E-state index >= 15 is 0 Å². The van der Waals surface area contributed by atoms with Crippen LogP contribution < -0.4 is 0 Å². The predicted octanol–water partition coefficient (Wildman–Crippen LogP) is 0.674. The minimum Gasteiger partial charge on any atom is -0.389 e. The molecule has 0 radical (unpaired) electrons. The summed E-state index contributed by atoms with van der Waals surface area (Å²) in [7, 11) is 6.17. The third-order valence-corrected chi connectivity index (χ3v) is 6.30. The van der Waals surface area contributed by atoms with Crippen molar-refractivity contribution < 1.29 is 9.90 Å². The van der Waals surface area contributed by atoms with E-state index in [1.807, 2.05) is 37.2 Å². The fraction of sp³-hybridized carbons (Fsp3) is 0.667. The van der Waals surface area contributed by atoms with E-state index in [9.17, 15) is 9.90 Å². The smallest absolute Gasteiger partial charge is 0.236 e. The summed E-state index contributed by atoms with van der Waals surface area (Å²) < 4.78 is 0. The van der Waals surface area contributed by atoms with Crippen molar-refractivity contribution in [2.24, 2.45) is 0 Å². The maximum atomic E-state index is 12.9. The monoisotopic (exact) mass is 374 g/mol. The summed E-state index contributed by atoms with van der Waals surface area (Å²) in [5.41, 5.74) is 0.675. The Labute approximate surface area is 163 Å². The third-order valence-electron chi connectivity index (χ3n) is 6.30. The first-order valence-corrected chi connectivity index (χ1v) is 10.0. The molecule has 2 aliphatic rings. The molecule has 1 amide bonds. The zero-order valence-corrected chi connectivity index (χ0v) is 17.0.